The van der Waals surface area contributed by atoms with Gasteiger partial charge in [0.15, 0.2) is 0 Å². The third kappa shape index (κ3) is 33.4. The number of hydrogen-bond acceptors (Lipinski definition) is 14. The zero-order chi connectivity index (χ0) is 79.7. The third-order valence-electron chi connectivity index (χ3n) is 16.5. The van der Waals surface area contributed by atoms with E-state index in [1.807, 2.05) is 204 Å². The second-order valence-corrected chi connectivity index (χ2v) is 34.4. The van der Waals surface area contributed by atoms with Crippen molar-refractivity contribution < 1.29 is 35.7 Å². The average Bonchev–Trinajstić information content (AvgIpc) is 0.805. The van der Waals surface area contributed by atoms with Gasteiger partial charge >= 0.3 is 0 Å². The highest BCUT2D eigenvalue weighted by atomic mass is 28.3. The number of phenols is 7. The maximum absolute atomic E-state index is 9.86. The lowest BCUT2D eigenvalue weighted by atomic mass is 9.80. The molecule has 0 saturated carbocycles. The standard InChI is InChI=1S/C21H27NO.C14H13NO.C13H21NOSi.C13H11NO.C12H17NO.C11H15NO.C9H11NO/c1-20(2,3)16-11-17(21(4,5)6)13-18(12-16)22-14-15-9-7-8-10-19(15)23;1-11(13-9-5-6-10-14(13)16)15-12-7-3-2-4-8-12;1-11(14-9-10-16(2,3)4)12-7-5-6-8-13(12)15;15-13-9-5-4-6-11(13)10-14-12-7-2-1-3-8-12;1-3-4-9-13-10(2)11-7-5-6-8-12(11)14;1-3-8-12-9(2)10-6-4-5-7-11(10)13;1-7(10-2)8-5-3-4-6-9(8)11/h7-14,23H,1-6H3;2-10,16H,1H3;5-8,15H,9-10H2,1-4H3;1-10,15H;5-8,14H,3-4,9H2,1-2H3;4-7,13H,3,8H2,1-2H3;3-6,11H,1-2H3. The van der Waals surface area contributed by atoms with Crippen LogP contribution >= 0.6 is 0 Å². The van der Waals surface area contributed by atoms with Crippen LogP contribution in [0.3, 0.4) is 0 Å². The van der Waals surface area contributed by atoms with Gasteiger partial charge in [0.2, 0.25) is 0 Å². The largest absolute Gasteiger partial charge is 0.507 e. The Morgan fingerprint density at radius 1 is 0.333 bits per heavy atom. The molecule has 0 aliphatic rings. The number of aromatic hydroxyl groups is 7. The molecular weight excluding hydrogens is 1360 g/mol. The maximum Gasteiger partial charge on any atom is 0.124 e. The molecule has 0 aliphatic carbocycles. The molecule has 568 valence electrons. The van der Waals surface area contributed by atoms with Crippen LogP contribution in [-0.2, 0) is 10.8 Å². The minimum absolute atomic E-state index is 0.0699. The number of rotatable bonds is 18. The Morgan fingerprint density at radius 2 is 0.639 bits per heavy atom. The number of para-hydroxylation sites is 9. The Labute approximate surface area is 644 Å². The van der Waals surface area contributed by atoms with Crippen molar-refractivity contribution >= 4 is 66.1 Å². The molecule has 0 amide bonds. The lowest BCUT2D eigenvalue weighted by Crippen LogP contribution is -2.20. The first-order chi connectivity index (χ1) is 51.4. The van der Waals surface area contributed by atoms with E-state index in [0.717, 1.165) is 123 Å². The van der Waals surface area contributed by atoms with Crippen molar-refractivity contribution in [3.63, 3.8) is 0 Å². The van der Waals surface area contributed by atoms with Gasteiger partial charge in [-0.15, -0.1) is 0 Å². The molecule has 10 aromatic rings. The number of hydrogen-bond donors (Lipinski definition) is 7. The van der Waals surface area contributed by atoms with E-state index < -0.39 is 8.07 Å². The van der Waals surface area contributed by atoms with Crippen LogP contribution < -0.4 is 0 Å². The average molecular weight is 1470 g/mol. The second kappa shape index (κ2) is 46.6. The first-order valence-electron chi connectivity index (χ1n) is 36.7. The smallest absolute Gasteiger partial charge is 0.124 e. The summed E-state index contributed by atoms with van der Waals surface area (Å²) in [5.74, 6) is 1.98. The Morgan fingerprint density at radius 3 is 0.972 bits per heavy atom. The van der Waals surface area contributed by atoms with Crippen molar-refractivity contribution in [2.45, 2.75) is 146 Å². The molecule has 7 N–H and O–H groups in total. The van der Waals surface area contributed by atoms with Gasteiger partial charge in [-0.3, -0.25) is 34.9 Å². The number of unbranched alkanes of at least 4 members (excludes halogenated alkanes) is 1. The number of aliphatic imine (C=N–C) groups is 7. The molecule has 0 aromatic heterocycles. The SMILES string of the molecule is CC(=NCC[Si](C)(C)C)c1ccccc1O.CC(=Nc1ccccc1)c1ccccc1O.CC(C)(C)c1cc(N=Cc2ccccc2O)cc(C(C)(C)C)c1.CCCCN=C(C)c1ccccc1O.CCCN=C(C)c1ccccc1O.CN=C(C)c1ccccc1O.Oc1ccccc1C=Nc1ccccc1. The van der Waals surface area contributed by atoms with Gasteiger partial charge in [-0.2, -0.15) is 0 Å². The Balaban J connectivity index is 0.000000269. The van der Waals surface area contributed by atoms with Crippen molar-refractivity contribution in [3.05, 3.63) is 299 Å². The molecule has 108 heavy (non-hydrogen) atoms. The minimum Gasteiger partial charge on any atom is -0.507 e. The molecule has 10 rings (SSSR count). The Hall–Kier alpha value is -11.3. The van der Waals surface area contributed by atoms with Gasteiger partial charge in [-0.05, 0) is 197 Å². The monoisotopic (exact) mass is 1470 g/mol. The summed E-state index contributed by atoms with van der Waals surface area (Å²) in [5, 5.41) is 67.1. The number of nitrogens with zero attached hydrogens (tertiary/aromatic N) is 7. The van der Waals surface area contributed by atoms with Gasteiger partial charge in [-0.25, -0.2) is 0 Å². The first-order valence-corrected chi connectivity index (χ1v) is 40.4. The summed E-state index contributed by atoms with van der Waals surface area (Å²) in [7, 11) is 0.702. The minimum atomic E-state index is -1.01. The van der Waals surface area contributed by atoms with Gasteiger partial charge in [0.25, 0.3) is 0 Å². The predicted molar refractivity (Wildman–Crippen MR) is 463 cm³/mol. The fourth-order valence-electron chi connectivity index (χ4n) is 9.82. The molecule has 0 fully saturated rings. The van der Waals surface area contributed by atoms with Crippen LogP contribution in [0.4, 0.5) is 17.1 Å². The van der Waals surface area contributed by atoms with E-state index in [9.17, 15) is 35.7 Å². The summed E-state index contributed by atoms with van der Waals surface area (Å²) in [5.41, 5.74) is 15.3. The zero-order valence-electron chi connectivity index (χ0n) is 66.5. The molecule has 0 spiro atoms. The summed E-state index contributed by atoms with van der Waals surface area (Å²) < 4.78 is 0. The van der Waals surface area contributed by atoms with Gasteiger partial charge < -0.3 is 35.7 Å². The van der Waals surface area contributed by atoms with Crippen LogP contribution in [0.5, 0.6) is 40.2 Å². The van der Waals surface area contributed by atoms with Gasteiger partial charge in [-0.1, -0.05) is 209 Å². The van der Waals surface area contributed by atoms with E-state index >= 15 is 0 Å². The van der Waals surface area contributed by atoms with E-state index in [1.165, 1.54) is 17.2 Å². The molecular formula is C93H115N7O7Si. The Kier molecular flexibility index (Phi) is 38.5. The van der Waals surface area contributed by atoms with Crippen LogP contribution in [0.25, 0.3) is 0 Å². The quantitative estimate of drug-likeness (QED) is 0.0249. The van der Waals surface area contributed by atoms with Crippen molar-refractivity contribution in [1.29, 1.82) is 0 Å². The molecule has 0 radical (unpaired) electrons. The van der Waals surface area contributed by atoms with Gasteiger partial charge in [0, 0.05) is 115 Å². The topological polar surface area (TPSA) is 228 Å². The molecule has 0 aliphatic heterocycles. The fraction of sp³-hybridized carbons (Fsp3) is 0.280. The van der Waals surface area contributed by atoms with E-state index in [0.29, 0.717) is 17.2 Å². The predicted octanol–water partition coefficient (Wildman–Crippen LogP) is 23.4. The highest BCUT2D eigenvalue weighted by molar-refractivity contribution is 6.76. The second-order valence-electron chi connectivity index (χ2n) is 28.7. The fourth-order valence-corrected chi connectivity index (χ4v) is 10.6. The summed E-state index contributed by atoms with van der Waals surface area (Å²) in [6.07, 6.45) is 6.67. The summed E-state index contributed by atoms with van der Waals surface area (Å²) in [6.45, 7) is 36.7. The molecule has 0 atom stereocenters. The van der Waals surface area contributed by atoms with Crippen LogP contribution in [0.2, 0.25) is 25.7 Å². The highest BCUT2D eigenvalue weighted by Gasteiger charge is 2.21. The van der Waals surface area contributed by atoms with Crippen molar-refractivity contribution in [1.82, 2.24) is 0 Å². The lowest BCUT2D eigenvalue weighted by Gasteiger charge is -2.25. The molecule has 0 heterocycles. The van der Waals surface area contributed by atoms with Crippen LogP contribution in [0.1, 0.15) is 159 Å². The molecule has 14 nitrogen and oxygen atoms in total. The van der Waals surface area contributed by atoms with Crippen molar-refractivity contribution in [2.24, 2.45) is 34.9 Å². The molecule has 0 saturated heterocycles. The van der Waals surface area contributed by atoms with E-state index in [1.54, 1.807) is 80.1 Å². The van der Waals surface area contributed by atoms with Crippen molar-refractivity contribution in [3.8, 4) is 40.2 Å². The van der Waals surface area contributed by atoms with Crippen molar-refractivity contribution in [2.75, 3.05) is 26.7 Å². The normalized spacial score (nSPS) is 11.9. The first kappa shape index (κ1) is 89.1. The third-order valence-corrected chi connectivity index (χ3v) is 18.2. The maximum atomic E-state index is 9.86. The van der Waals surface area contributed by atoms with E-state index in [4.69, 9.17) is 0 Å². The number of phenolic OH excluding ortho intramolecular Hbond substituents is 7. The van der Waals surface area contributed by atoms with Crippen LogP contribution in [0.15, 0.2) is 284 Å². The summed E-state index contributed by atoms with van der Waals surface area (Å²) >= 11 is 0. The molecule has 15 heteroatoms. The lowest BCUT2D eigenvalue weighted by molar-refractivity contribution is 0.473. The van der Waals surface area contributed by atoms with Gasteiger partial charge in [0.1, 0.15) is 40.2 Å². The molecule has 10 aromatic carbocycles. The van der Waals surface area contributed by atoms with Crippen LogP contribution in [0, 0.1) is 0 Å². The number of benzene rings is 10. The van der Waals surface area contributed by atoms with E-state index in [2.05, 4.69) is 128 Å². The highest BCUT2D eigenvalue weighted by Crippen LogP contribution is 2.34. The Bertz CT molecular complexity index is 4530. The zero-order valence-corrected chi connectivity index (χ0v) is 67.5. The van der Waals surface area contributed by atoms with Crippen LogP contribution in [-0.4, -0.2) is 111 Å². The molecule has 0 unspecified atom stereocenters. The van der Waals surface area contributed by atoms with Gasteiger partial charge in [0.05, 0.1) is 17.1 Å². The summed E-state index contributed by atoms with van der Waals surface area (Å²) in [6, 6.07) is 77.7. The molecule has 0 bridgehead atoms. The summed E-state index contributed by atoms with van der Waals surface area (Å²) in [4.78, 5) is 30.5. The van der Waals surface area contributed by atoms with E-state index in [-0.39, 0.29) is 33.8 Å².